The van der Waals surface area contributed by atoms with Crippen LogP contribution < -0.4 is 0 Å². The van der Waals surface area contributed by atoms with E-state index < -0.39 is 0 Å². The van der Waals surface area contributed by atoms with Crippen LogP contribution in [-0.4, -0.2) is 66.9 Å². The molecule has 3 rings (SSSR count). The Balaban J connectivity index is 0.000000208. The summed E-state index contributed by atoms with van der Waals surface area (Å²) in [5.74, 6) is 1.35. The topological polar surface area (TPSA) is 42.0 Å². The van der Waals surface area contributed by atoms with Gasteiger partial charge in [0.1, 0.15) is 12.3 Å². The summed E-state index contributed by atoms with van der Waals surface area (Å²) in [5, 5.41) is 0. The smallest absolute Gasteiger partial charge is 0.302 e. The molecule has 3 aliphatic rings. The molecule has 0 aromatic heterocycles. The van der Waals surface area contributed by atoms with Crippen molar-refractivity contribution >= 4 is 5.97 Å². The number of carbonyl (C=O) groups excluding carboxylic acids is 1. The molecule has 4 unspecified atom stereocenters. The molecule has 170 valence electrons. The molecule has 0 saturated carbocycles. The van der Waals surface area contributed by atoms with Crippen molar-refractivity contribution in [1.29, 1.82) is 0 Å². The lowest BCUT2D eigenvalue weighted by molar-refractivity contribution is -0.145. The van der Waals surface area contributed by atoms with E-state index in [-0.39, 0.29) is 12.1 Å². The predicted molar refractivity (Wildman–Crippen MR) is 119 cm³/mol. The van der Waals surface area contributed by atoms with Gasteiger partial charge in [0.05, 0.1) is 0 Å². The maximum absolute atomic E-state index is 10.8. The second kappa shape index (κ2) is 11.1. The number of carbonyl (C=O) groups is 1. The summed E-state index contributed by atoms with van der Waals surface area (Å²) in [7, 11) is 3.98. The van der Waals surface area contributed by atoms with E-state index in [2.05, 4.69) is 44.5 Å². The summed E-state index contributed by atoms with van der Waals surface area (Å²) in [6, 6.07) is 0.583. The zero-order valence-corrected chi connectivity index (χ0v) is 20.1. The van der Waals surface area contributed by atoms with Crippen LogP contribution in [0.15, 0.2) is 0 Å². The molecule has 0 aliphatic carbocycles. The summed E-state index contributed by atoms with van der Waals surface area (Å²) in [5.41, 5.74) is 0.493. The minimum absolute atomic E-state index is 0.112. The van der Waals surface area contributed by atoms with Gasteiger partial charge in [-0.2, -0.15) is 0 Å². The number of ether oxygens (including phenoxy) is 2. The molecule has 29 heavy (non-hydrogen) atoms. The number of rotatable bonds is 6. The fourth-order valence-corrected chi connectivity index (χ4v) is 5.93. The molecule has 0 aromatic carbocycles. The number of hydrogen-bond acceptors (Lipinski definition) is 5. The first-order chi connectivity index (χ1) is 13.7. The maximum atomic E-state index is 10.8. The molecule has 3 heterocycles. The molecule has 3 fully saturated rings. The van der Waals surface area contributed by atoms with E-state index in [1.165, 1.54) is 58.4 Å². The van der Waals surface area contributed by atoms with Gasteiger partial charge in [0.15, 0.2) is 0 Å². The highest BCUT2D eigenvalue weighted by molar-refractivity contribution is 5.66. The molecule has 4 atom stereocenters. The lowest BCUT2D eigenvalue weighted by Gasteiger charge is -2.47. The van der Waals surface area contributed by atoms with E-state index in [4.69, 9.17) is 9.47 Å². The van der Waals surface area contributed by atoms with Gasteiger partial charge in [-0.15, -0.1) is 0 Å². The average molecular weight is 411 g/mol. The first kappa shape index (κ1) is 24.6. The third kappa shape index (κ3) is 6.93. The van der Waals surface area contributed by atoms with Crippen molar-refractivity contribution in [2.75, 3.05) is 27.2 Å². The number of esters is 1. The molecular weight excluding hydrogens is 364 g/mol. The molecule has 0 spiro atoms. The molecule has 0 N–H and O–H groups in total. The van der Waals surface area contributed by atoms with Crippen molar-refractivity contribution in [3.63, 3.8) is 0 Å². The minimum atomic E-state index is -0.159. The first-order valence-corrected chi connectivity index (χ1v) is 11.8. The number of likely N-dealkylation sites (N-methyl/N-ethyl adjacent to an activating group) is 1. The van der Waals surface area contributed by atoms with Crippen LogP contribution in [-0.2, 0) is 14.3 Å². The SMILES string of the molecule is CC(=O)OC1CC(CC(C)C)N(C)C1.COC1CCCC2(CC(C)C)CCCN12. The number of nitrogens with zero attached hydrogens (tertiary/aromatic N) is 2. The highest BCUT2D eigenvalue weighted by Crippen LogP contribution is 2.44. The van der Waals surface area contributed by atoms with Crippen molar-refractivity contribution in [2.24, 2.45) is 11.8 Å². The van der Waals surface area contributed by atoms with Gasteiger partial charge in [0.2, 0.25) is 0 Å². The molecule has 3 aliphatic heterocycles. The Morgan fingerprint density at radius 3 is 2.41 bits per heavy atom. The lowest BCUT2D eigenvalue weighted by atomic mass is 9.79. The quantitative estimate of drug-likeness (QED) is 0.594. The fourth-order valence-electron chi connectivity index (χ4n) is 5.93. The van der Waals surface area contributed by atoms with Gasteiger partial charge >= 0.3 is 5.97 Å². The van der Waals surface area contributed by atoms with E-state index >= 15 is 0 Å². The van der Waals surface area contributed by atoms with E-state index in [1.807, 2.05) is 7.11 Å². The Hall–Kier alpha value is -0.650. The molecule has 0 aromatic rings. The second-order valence-corrected chi connectivity index (χ2v) is 10.4. The van der Waals surface area contributed by atoms with Gasteiger partial charge in [-0.3, -0.25) is 14.6 Å². The summed E-state index contributed by atoms with van der Waals surface area (Å²) in [4.78, 5) is 15.8. The van der Waals surface area contributed by atoms with Crippen LogP contribution in [0.5, 0.6) is 0 Å². The van der Waals surface area contributed by atoms with E-state index in [0.717, 1.165) is 18.9 Å². The molecule has 3 saturated heterocycles. The highest BCUT2D eigenvalue weighted by atomic mass is 16.5. The fraction of sp³-hybridized carbons (Fsp3) is 0.958. The average Bonchev–Trinajstić information content (AvgIpc) is 3.17. The minimum Gasteiger partial charge on any atom is -0.461 e. The summed E-state index contributed by atoms with van der Waals surface area (Å²) < 4.78 is 10.9. The summed E-state index contributed by atoms with van der Waals surface area (Å²) in [6.45, 7) is 12.8. The van der Waals surface area contributed by atoms with Gasteiger partial charge in [-0.1, -0.05) is 27.7 Å². The number of piperidine rings is 1. The van der Waals surface area contributed by atoms with Crippen LogP contribution in [0.2, 0.25) is 0 Å². The van der Waals surface area contributed by atoms with Gasteiger partial charge in [0.25, 0.3) is 0 Å². The van der Waals surface area contributed by atoms with E-state index in [0.29, 0.717) is 23.7 Å². The Labute approximate surface area is 179 Å². The standard InChI is InChI=1S/C13H25NO.C11H21NO2/c1-11(2)10-13-7-4-6-12(15-3)14(13)9-5-8-13;1-8(2)5-10-6-11(7-12(10)4)14-9(3)13/h11-12H,4-10H2,1-3H3;8,10-11H,5-7H2,1-4H3. The third-order valence-corrected chi connectivity index (χ3v) is 6.88. The van der Waals surface area contributed by atoms with Crippen LogP contribution in [0.4, 0.5) is 0 Å². The number of likely N-dealkylation sites (tertiary alicyclic amines) is 1. The maximum Gasteiger partial charge on any atom is 0.302 e. The van der Waals surface area contributed by atoms with Crippen molar-refractivity contribution in [2.45, 2.75) is 110 Å². The normalized spacial score (nSPS) is 32.9. The summed E-state index contributed by atoms with van der Waals surface area (Å²) in [6.07, 6.45) is 10.8. The summed E-state index contributed by atoms with van der Waals surface area (Å²) >= 11 is 0. The predicted octanol–water partition coefficient (Wildman–Crippen LogP) is 4.69. The molecule has 0 bridgehead atoms. The molecular formula is C24H46N2O3. The molecule has 5 heteroatoms. The van der Waals surface area contributed by atoms with E-state index in [1.54, 1.807) is 0 Å². The molecule has 0 amide bonds. The highest BCUT2D eigenvalue weighted by Gasteiger charge is 2.46. The van der Waals surface area contributed by atoms with Crippen molar-refractivity contribution < 1.29 is 14.3 Å². The molecule has 0 radical (unpaired) electrons. The number of fused-ring (bicyclic) bond motifs is 1. The first-order valence-electron chi connectivity index (χ1n) is 11.8. The van der Waals surface area contributed by atoms with Crippen molar-refractivity contribution in [3.05, 3.63) is 0 Å². The van der Waals surface area contributed by atoms with Gasteiger partial charge in [-0.25, -0.2) is 0 Å². The number of methoxy groups -OCH3 is 1. The monoisotopic (exact) mass is 410 g/mol. The Kier molecular flexibility index (Phi) is 9.43. The van der Waals surface area contributed by atoms with Crippen LogP contribution in [0.1, 0.15) is 86.0 Å². The van der Waals surface area contributed by atoms with Crippen LogP contribution in [0, 0.1) is 11.8 Å². The zero-order valence-electron chi connectivity index (χ0n) is 20.1. The number of hydrogen-bond donors (Lipinski definition) is 0. The second-order valence-electron chi connectivity index (χ2n) is 10.4. The molecule has 5 nitrogen and oxygen atoms in total. The van der Waals surface area contributed by atoms with Crippen molar-refractivity contribution in [1.82, 2.24) is 9.80 Å². The van der Waals surface area contributed by atoms with Crippen LogP contribution in [0.3, 0.4) is 0 Å². The van der Waals surface area contributed by atoms with Crippen LogP contribution >= 0.6 is 0 Å². The van der Waals surface area contributed by atoms with E-state index in [9.17, 15) is 4.79 Å². The lowest BCUT2D eigenvalue weighted by Crippen LogP contribution is -2.53. The van der Waals surface area contributed by atoms with Crippen molar-refractivity contribution in [3.8, 4) is 0 Å². The van der Waals surface area contributed by atoms with Gasteiger partial charge in [-0.05, 0) is 63.8 Å². The third-order valence-electron chi connectivity index (χ3n) is 6.88. The zero-order chi connectivity index (χ0) is 21.6. The Morgan fingerprint density at radius 1 is 1.14 bits per heavy atom. The largest absolute Gasteiger partial charge is 0.461 e. The van der Waals surface area contributed by atoms with Crippen LogP contribution in [0.25, 0.3) is 0 Å². The Bertz CT molecular complexity index is 510. The Morgan fingerprint density at radius 2 is 1.83 bits per heavy atom. The van der Waals surface area contributed by atoms with Gasteiger partial charge < -0.3 is 9.47 Å². The van der Waals surface area contributed by atoms with Gasteiger partial charge in [0, 0.05) is 45.1 Å².